The highest BCUT2D eigenvalue weighted by Gasteiger charge is 2.29. The van der Waals surface area contributed by atoms with Crippen LogP contribution in [0.3, 0.4) is 0 Å². The Morgan fingerprint density at radius 2 is 2.29 bits per heavy atom. The third-order valence-corrected chi connectivity index (χ3v) is 3.42. The summed E-state index contributed by atoms with van der Waals surface area (Å²) in [6, 6.07) is 0.554. The third kappa shape index (κ3) is 2.08. The number of nitrogens with zero attached hydrogens (tertiary/aromatic N) is 1. The second-order valence-electron chi connectivity index (χ2n) is 4.62. The Labute approximate surface area is 85.8 Å². The number of rotatable bonds is 2. The first-order chi connectivity index (χ1) is 6.77. The van der Waals surface area contributed by atoms with Crippen LogP contribution in [-0.2, 0) is 4.79 Å². The second-order valence-corrected chi connectivity index (χ2v) is 4.62. The fourth-order valence-corrected chi connectivity index (χ4v) is 2.42. The van der Waals surface area contributed by atoms with Gasteiger partial charge in [0.2, 0.25) is 5.91 Å². The number of carbonyl (C=O) groups excluding carboxylic acids is 1. The minimum atomic E-state index is 0.263. The van der Waals surface area contributed by atoms with Crippen molar-refractivity contribution in [3.63, 3.8) is 0 Å². The molecule has 0 aromatic heterocycles. The van der Waals surface area contributed by atoms with Crippen molar-refractivity contribution >= 4 is 5.91 Å². The normalized spacial score (nSPS) is 33.8. The maximum atomic E-state index is 11.7. The molecule has 2 unspecified atom stereocenters. The van der Waals surface area contributed by atoms with E-state index in [1.807, 2.05) is 11.8 Å². The fraction of sp³-hybridized carbons (Fsp3) is 0.909. The van der Waals surface area contributed by atoms with Gasteiger partial charge in [0.25, 0.3) is 0 Å². The predicted octanol–water partition coefficient (Wildman–Crippen LogP) is 0.997. The van der Waals surface area contributed by atoms with Gasteiger partial charge in [-0.2, -0.15) is 0 Å². The van der Waals surface area contributed by atoms with Crippen LogP contribution in [0.5, 0.6) is 0 Å². The number of hydrogen-bond acceptors (Lipinski definition) is 2. The van der Waals surface area contributed by atoms with Crippen molar-refractivity contribution in [2.45, 2.75) is 38.6 Å². The molecule has 80 valence electrons. The van der Waals surface area contributed by atoms with E-state index in [0.29, 0.717) is 11.9 Å². The minimum Gasteiger partial charge on any atom is -0.341 e. The summed E-state index contributed by atoms with van der Waals surface area (Å²) in [7, 11) is 0. The van der Waals surface area contributed by atoms with Crippen molar-refractivity contribution < 1.29 is 4.79 Å². The summed E-state index contributed by atoms with van der Waals surface area (Å²) >= 11 is 0. The van der Waals surface area contributed by atoms with Crippen molar-refractivity contribution in [2.24, 2.45) is 5.92 Å². The number of carbonyl (C=O) groups is 1. The second kappa shape index (κ2) is 4.30. The van der Waals surface area contributed by atoms with Gasteiger partial charge in [-0.15, -0.1) is 0 Å². The molecule has 3 heteroatoms. The number of hydrogen-bond donors (Lipinski definition) is 1. The number of likely N-dealkylation sites (tertiary alicyclic amines) is 1. The van der Waals surface area contributed by atoms with E-state index in [9.17, 15) is 4.79 Å². The molecule has 3 nitrogen and oxygen atoms in total. The van der Waals surface area contributed by atoms with Crippen LogP contribution in [0, 0.1) is 5.92 Å². The average Bonchev–Trinajstić information content (AvgIpc) is 2.52. The lowest BCUT2D eigenvalue weighted by atomic mass is 10.0. The Morgan fingerprint density at radius 1 is 1.43 bits per heavy atom. The quantitative estimate of drug-likeness (QED) is 0.714. The summed E-state index contributed by atoms with van der Waals surface area (Å²) in [5.41, 5.74) is 0. The lowest BCUT2D eigenvalue weighted by molar-refractivity contribution is -0.130. The van der Waals surface area contributed by atoms with Gasteiger partial charge in [-0.05, 0) is 25.8 Å². The molecule has 14 heavy (non-hydrogen) atoms. The molecule has 2 rings (SSSR count). The van der Waals surface area contributed by atoms with Crippen molar-refractivity contribution in [1.82, 2.24) is 10.2 Å². The first-order valence-electron chi connectivity index (χ1n) is 5.79. The summed E-state index contributed by atoms with van der Waals surface area (Å²) in [4.78, 5) is 13.7. The summed E-state index contributed by atoms with van der Waals surface area (Å²) in [6.45, 7) is 5.07. The molecule has 2 atom stereocenters. The maximum absolute atomic E-state index is 11.7. The van der Waals surface area contributed by atoms with E-state index in [4.69, 9.17) is 0 Å². The van der Waals surface area contributed by atoms with Crippen LogP contribution in [0.1, 0.15) is 32.6 Å². The average molecular weight is 196 g/mol. The highest BCUT2D eigenvalue weighted by atomic mass is 16.2. The molecule has 2 aliphatic rings. The van der Waals surface area contributed by atoms with E-state index in [2.05, 4.69) is 5.32 Å². The van der Waals surface area contributed by atoms with E-state index in [1.54, 1.807) is 0 Å². The lowest BCUT2D eigenvalue weighted by Crippen LogP contribution is -2.44. The third-order valence-electron chi connectivity index (χ3n) is 3.42. The van der Waals surface area contributed by atoms with Gasteiger partial charge in [0.1, 0.15) is 0 Å². The van der Waals surface area contributed by atoms with Crippen molar-refractivity contribution in [1.29, 1.82) is 0 Å². The highest BCUT2D eigenvalue weighted by molar-refractivity contribution is 5.80. The number of amides is 1. The molecule has 2 heterocycles. The van der Waals surface area contributed by atoms with Crippen LogP contribution in [-0.4, -0.2) is 36.5 Å². The van der Waals surface area contributed by atoms with Crippen LogP contribution >= 0.6 is 0 Å². The zero-order valence-corrected chi connectivity index (χ0v) is 8.96. The van der Waals surface area contributed by atoms with Gasteiger partial charge in [-0.25, -0.2) is 0 Å². The Morgan fingerprint density at radius 3 is 2.86 bits per heavy atom. The van der Waals surface area contributed by atoms with E-state index in [1.165, 1.54) is 19.3 Å². The van der Waals surface area contributed by atoms with Crippen molar-refractivity contribution in [2.75, 3.05) is 19.6 Å². The van der Waals surface area contributed by atoms with Crippen molar-refractivity contribution in [3.05, 3.63) is 0 Å². The smallest absolute Gasteiger partial charge is 0.225 e. The largest absolute Gasteiger partial charge is 0.341 e. The van der Waals surface area contributed by atoms with Gasteiger partial charge in [0.05, 0.1) is 0 Å². The molecule has 0 saturated carbocycles. The Bertz CT molecular complexity index is 211. The van der Waals surface area contributed by atoms with Crippen LogP contribution in [0.25, 0.3) is 0 Å². The molecular formula is C11H20N2O. The van der Waals surface area contributed by atoms with E-state index >= 15 is 0 Å². The summed E-state index contributed by atoms with van der Waals surface area (Å²) in [6.07, 6.45) is 4.89. The molecule has 0 radical (unpaired) electrons. The summed E-state index contributed by atoms with van der Waals surface area (Å²) in [5.74, 6) is 0.621. The molecule has 0 aromatic carbocycles. The molecule has 0 spiro atoms. The van der Waals surface area contributed by atoms with Gasteiger partial charge in [0.15, 0.2) is 0 Å². The van der Waals surface area contributed by atoms with Gasteiger partial charge in [0, 0.05) is 25.0 Å². The minimum absolute atomic E-state index is 0.263. The predicted molar refractivity (Wildman–Crippen MR) is 56.0 cm³/mol. The SMILES string of the molecule is CC1CCN(CC2CCCCN2)C1=O. The maximum Gasteiger partial charge on any atom is 0.225 e. The lowest BCUT2D eigenvalue weighted by Gasteiger charge is -2.28. The standard InChI is InChI=1S/C11H20N2O/c1-9-5-7-13(11(9)14)8-10-4-2-3-6-12-10/h9-10,12H,2-8H2,1H3. The zero-order valence-electron chi connectivity index (χ0n) is 8.96. The zero-order chi connectivity index (χ0) is 9.97. The van der Waals surface area contributed by atoms with Crippen LogP contribution in [0.4, 0.5) is 0 Å². The van der Waals surface area contributed by atoms with Crippen LogP contribution in [0.2, 0.25) is 0 Å². The Kier molecular flexibility index (Phi) is 3.06. The first kappa shape index (κ1) is 9.97. The molecule has 0 aliphatic carbocycles. The van der Waals surface area contributed by atoms with E-state index < -0.39 is 0 Å². The van der Waals surface area contributed by atoms with Gasteiger partial charge in [-0.1, -0.05) is 13.3 Å². The molecule has 1 N–H and O–H groups in total. The van der Waals surface area contributed by atoms with Gasteiger partial charge < -0.3 is 10.2 Å². The summed E-state index contributed by atoms with van der Waals surface area (Å²) in [5, 5.41) is 3.49. The fourth-order valence-electron chi connectivity index (χ4n) is 2.42. The topological polar surface area (TPSA) is 32.3 Å². The van der Waals surface area contributed by atoms with E-state index in [-0.39, 0.29) is 5.92 Å². The molecular weight excluding hydrogens is 176 g/mol. The van der Waals surface area contributed by atoms with Crippen molar-refractivity contribution in [3.8, 4) is 0 Å². The van der Waals surface area contributed by atoms with Gasteiger partial charge >= 0.3 is 0 Å². The molecule has 2 saturated heterocycles. The highest BCUT2D eigenvalue weighted by Crippen LogP contribution is 2.18. The molecule has 0 bridgehead atoms. The first-order valence-corrected chi connectivity index (χ1v) is 5.79. The van der Waals surface area contributed by atoms with Gasteiger partial charge in [-0.3, -0.25) is 4.79 Å². The molecule has 2 aliphatic heterocycles. The van der Waals surface area contributed by atoms with Crippen LogP contribution in [0.15, 0.2) is 0 Å². The number of nitrogens with one attached hydrogen (secondary N) is 1. The molecule has 2 fully saturated rings. The Hall–Kier alpha value is -0.570. The summed E-state index contributed by atoms with van der Waals surface area (Å²) < 4.78 is 0. The monoisotopic (exact) mass is 196 g/mol. The van der Waals surface area contributed by atoms with Crippen LogP contribution < -0.4 is 5.32 Å². The Balaban J connectivity index is 1.82. The number of piperidine rings is 1. The molecule has 0 aromatic rings. The molecule has 1 amide bonds. The van der Waals surface area contributed by atoms with E-state index in [0.717, 1.165) is 26.1 Å².